The minimum absolute atomic E-state index is 0.0250. The Bertz CT molecular complexity index is 851. The third kappa shape index (κ3) is 5.30. The van der Waals surface area contributed by atoms with Crippen molar-refractivity contribution in [1.29, 1.82) is 0 Å². The highest BCUT2D eigenvalue weighted by Crippen LogP contribution is 2.24. The van der Waals surface area contributed by atoms with E-state index in [-0.39, 0.29) is 30.2 Å². The first-order valence-corrected chi connectivity index (χ1v) is 10.2. The molecule has 0 saturated carbocycles. The standard InChI is InChI=1S/C23H27ClN2O3/c1-16(12-17-4-8-20(24)9-5-17)25(2)23(28)19-13-22(27)26(15-19)14-18-6-10-21(29-3)11-7-18/h4-11,16,19H,12-15H2,1-3H3. The van der Waals surface area contributed by atoms with Crippen molar-refractivity contribution >= 4 is 23.4 Å². The molecule has 2 unspecified atom stereocenters. The molecule has 0 aromatic heterocycles. The molecule has 0 bridgehead atoms. The van der Waals surface area contributed by atoms with E-state index in [1.54, 1.807) is 16.9 Å². The van der Waals surface area contributed by atoms with Crippen LogP contribution in [0.3, 0.4) is 0 Å². The number of amides is 2. The second-order valence-corrected chi connectivity index (χ2v) is 8.09. The van der Waals surface area contributed by atoms with E-state index in [1.165, 1.54) is 0 Å². The number of carbonyl (C=O) groups excluding carboxylic acids is 2. The van der Waals surface area contributed by atoms with E-state index in [4.69, 9.17) is 16.3 Å². The molecule has 0 radical (unpaired) electrons. The maximum Gasteiger partial charge on any atom is 0.227 e. The zero-order valence-corrected chi connectivity index (χ0v) is 17.9. The SMILES string of the molecule is COc1ccc(CN2CC(C(=O)N(C)C(C)Cc3ccc(Cl)cc3)CC2=O)cc1. The van der Waals surface area contributed by atoms with Crippen molar-refractivity contribution in [2.24, 2.45) is 5.92 Å². The quantitative estimate of drug-likeness (QED) is 0.692. The van der Waals surface area contributed by atoms with Crippen LogP contribution in [0.5, 0.6) is 5.75 Å². The van der Waals surface area contributed by atoms with E-state index in [1.807, 2.05) is 62.5 Å². The first-order chi connectivity index (χ1) is 13.9. The van der Waals surface area contributed by atoms with Gasteiger partial charge in [-0.25, -0.2) is 0 Å². The van der Waals surface area contributed by atoms with E-state index in [9.17, 15) is 9.59 Å². The maximum absolute atomic E-state index is 13.0. The third-order valence-corrected chi connectivity index (χ3v) is 5.80. The highest BCUT2D eigenvalue weighted by Gasteiger charge is 2.36. The average molecular weight is 415 g/mol. The molecule has 29 heavy (non-hydrogen) atoms. The first kappa shape index (κ1) is 21.2. The van der Waals surface area contributed by atoms with Crippen LogP contribution >= 0.6 is 11.6 Å². The average Bonchev–Trinajstić information content (AvgIpc) is 3.09. The molecule has 2 amide bonds. The fraction of sp³-hybridized carbons (Fsp3) is 0.391. The number of rotatable bonds is 7. The summed E-state index contributed by atoms with van der Waals surface area (Å²) in [5.41, 5.74) is 2.15. The third-order valence-electron chi connectivity index (χ3n) is 5.55. The monoisotopic (exact) mass is 414 g/mol. The molecule has 1 aliphatic rings. The Hall–Kier alpha value is -2.53. The summed E-state index contributed by atoms with van der Waals surface area (Å²) in [6.07, 6.45) is 1.02. The van der Waals surface area contributed by atoms with Crippen molar-refractivity contribution in [3.63, 3.8) is 0 Å². The summed E-state index contributed by atoms with van der Waals surface area (Å²) in [6.45, 7) is 3.00. The Morgan fingerprint density at radius 1 is 1.17 bits per heavy atom. The lowest BCUT2D eigenvalue weighted by molar-refractivity contribution is -0.136. The van der Waals surface area contributed by atoms with Crippen molar-refractivity contribution in [2.45, 2.75) is 32.4 Å². The van der Waals surface area contributed by atoms with Crippen LogP contribution in [-0.2, 0) is 22.6 Å². The molecule has 1 heterocycles. The van der Waals surface area contributed by atoms with Gasteiger partial charge in [-0.3, -0.25) is 9.59 Å². The summed E-state index contributed by atoms with van der Waals surface area (Å²) in [5, 5.41) is 0.701. The van der Waals surface area contributed by atoms with E-state index in [0.717, 1.165) is 23.3 Å². The van der Waals surface area contributed by atoms with Gasteiger partial charge < -0.3 is 14.5 Å². The Kier molecular flexibility index (Phi) is 6.80. The van der Waals surface area contributed by atoms with Gasteiger partial charge in [0.15, 0.2) is 0 Å². The number of halogens is 1. The molecule has 0 N–H and O–H groups in total. The van der Waals surface area contributed by atoms with Gasteiger partial charge in [-0.1, -0.05) is 35.9 Å². The highest BCUT2D eigenvalue weighted by molar-refractivity contribution is 6.30. The highest BCUT2D eigenvalue weighted by atomic mass is 35.5. The fourth-order valence-electron chi connectivity index (χ4n) is 3.65. The molecule has 6 heteroatoms. The number of methoxy groups -OCH3 is 1. The summed E-state index contributed by atoms with van der Waals surface area (Å²) in [5.74, 6) is 0.541. The van der Waals surface area contributed by atoms with Gasteiger partial charge in [0.25, 0.3) is 0 Å². The predicted octanol–water partition coefficient (Wildman–Crippen LogP) is 3.79. The fourth-order valence-corrected chi connectivity index (χ4v) is 3.77. The van der Waals surface area contributed by atoms with Crippen molar-refractivity contribution < 1.29 is 14.3 Å². The second-order valence-electron chi connectivity index (χ2n) is 7.65. The zero-order valence-electron chi connectivity index (χ0n) is 17.1. The van der Waals surface area contributed by atoms with Gasteiger partial charge >= 0.3 is 0 Å². The number of hydrogen-bond acceptors (Lipinski definition) is 3. The lowest BCUT2D eigenvalue weighted by atomic mass is 10.0. The molecule has 154 valence electrons. The van der Waals surface area contributed by atoms with E-state index in [2.05, 4.69) is 0 Å². The largest absolute Gasteiger partial charge is 0.497 e. The number of benzene rings is 2. The van der Waals surface area contributed by atoms with Gasteiger partial charge in [0, 0.05) is 37.6 Å². The lowest BCUT2D eigenvalue weighted by Gasteiger charge is -2.27. The van der Waals surface area contributed by atoms with Crippen molar-refractivity contribution in [2.75, 3.05) is 20.7 Å². The minimum atomic E-state index is -0.293. The molecular weight excluding hydrogens is 388 g/mol. The molecule has 0 aliphatic carbocycles. The van der Waals surface area contributed by atoms with Crippen LogP contribution in [0, 0.1) is 5.92 Å². The predicted molar refractivity (Wildman–Crippen MR) is 114 cm³/mol. The van der Waals surface area contributed by atoms with Crippen LogP contribution in [0.4, 0.5) is 0 Å². The molecule has 2 aromatic carbocycles. The maximum atomic E-state index is 13.0. The van der Waals surface area contributed by atoms with Crippen LogP contribution in [0.25, 0.3) is 0 Å². The van der Waals surface area contributed by atoms with Crippen LogP contribution in [-0.4, -0.2) is 48.4 Å². The molecule has 1 saturated heterocycles. The van der Waals surface area contributed by atoms with Crippen LogP contribution < -0.4 is 4.74 Å². The molecule has 3 rings (SSSR count). The summed E-state index contributed by atoms with van der Waals surface area (Å²) >= 11 is 5.94. The van der Waals surface area contributed by atoms with Gasteiger partial charge in [-0.15, -0.1) is 0 Å². The lowest BCUT2D eigenvalue weighted by Crippen LogP contribution is -2.41. The zero-order chi connectivity index (χ0) is 21.0. The summed E-state index contributed by atoms with van der Waals surface area (Å²) in [4.78, 5) is 29.0. The molecule has 5 nitrogen and oxygen atoms in total. The smallest absolute Gasteiger partial charge is 0.227 e. The van der Waals surface area contributed by atoms with Gasteiger partial charge in [0.1, 0.15) is 5.75 Å². The molecule has 1 aliphatic heterocycles. The minimum Gasteiger partial charge on any atom is -0.497 e. The number of likely N-dealkylation sites (N-methyl/N-ethyl adjacent to an activating group) is 1. The number of hydrogen-bond donors (Lipinski definition) is 0. The normalized spacial score (nSPS) is 17.3. The summed E-state index contributed by atoms with van der Waals surface area (Å²) < 4.78 is 5.17. The summed E-state index contributed by atoms with van der Waals surface area (Å²) in [6, 6.07) is 15.4. The number of carbonyl (C=O) groups is 2. The van der Waals surface area contributed by atoms with Crippen LogP contribution in [0.15, 0.2) is 48.5 Å². The Labute approximate surface area is 177 Å². The molecular formula is C23H27ClN2O3. The topological polar surface area (TPSA) is 49.9 Å². The van der Waals surface area contributed by atoms with E-state index < -0.39 is 0 Å². The van der Waals surface area contributed by atoms with E-state index >= 15 is 0 Å². The van der Waals surface area contributed by atoms with E-state index in [0.29, 0.717) is 18.1 Å². The van der Waals surface area contributed by atoms with Gasteiger partial charge in [0.05, 0.1) is 13.0 Å². The molecule has 1 fully saturated rings. The number of likely N-dealkylation sites (tertiary alicyclic amines) is 1. The van der Waals surface area contributed by atoms with Gasteiger partial charge in [-0.05, 0) is 48.7 Å². The molecule has 2 atom stereocenters. The molecule has 2 aromatic rings. The Balaban J connectivity index is 1.57. The number of nitrogens with zero attached hydrogens (tertiary/aromatic N) is 2. The van der Waals surface area contributed by atoms with Gasteiger partial charge in [-0.2, -0.15) is 0 Å². The Morgan fingerprint density at radius 2 is 1.79 bits per heavy atom. The van der Waals surface area contributed by atoms with Crippen molar-refractivity contribution in [1.82, 2.24) is 9.80 Å². The summed E-state index contributed by atoms with van der Waals surface area (Å²) in [7, 11) is 3.44. The van der Waals surface area contributed by atoms with Crippen molar-refractivity contribution in [3.05, 3.63) is 64.7 Å². The van der Waals surface area contributed by atoms with Gasteiger partial charge in [0.2, 0.25) is 11.8 Å². The molecule has 0 spiro atoms. The second kappa shape index (κ2) is 9.31. The van der Waals surface area contributed by atoms with Crippen molar-refractivity contribution in [3.8, 4) is 5.75 Å². The number of ether oxygens (including phenoxy) is 1. The Morgan fingerprint density at radius 3 is 2.41 bits per heavy atom. The van der Waals surface area contributed by atoms with Crippen LogP contribution in [0.1, 0.15) is 24.5 Å². The van der Waals surface area contributed by atoms with Crippen LogP contribution in [0.2, 0.25) is 5.02 Å². The first-order valence-electron chi connectivity index (χ1n) is 9.79.